The standard InChI is InChI=1S/C17H17N5O3/c1-24-13-8-9-14(15(10-13)25-2)19-17(23)16(22-11-18-20-21-22)12-6-4-3-5-7-12/h3-11,16H,1-2H3,(H,19,23). The van der Waals surface area contributed by atoms with Crippen molar-refractivity contribution in [3.63, 3.8) is 0 Å². The van der Waals surface area contributed by atoms with Crippen LogP contribution in [0.15, 0.2) is 54.9 Å². The number of hydrogen-bond donors (Lipinski definition) is 1. The number of nitrogens with zero attached hydrogens (tertiary/aromatic N) is 4. The molecule has 8 heteroatoms. The van der Waals surface area contributed by atoms with Crippen LogP contribution in [0.5, 0.6) is 11.5 Å². The molecule has 1 amide bonds. The van der Waals surface area contributed by atoms with Gasteiger partial charge in [-0.15, -0.1) is 5.10 Å². The van der Waals surface area contributed by atoms with Crippen molar-refractivity contribution in [2.45, 2.75) is 6.04 Å². The molecule has 3 aromatic rings. The second-order valence-electron chi connectivity index (χ2n) is 5.16. The lowest BCUT2D eigenvalue weighted by atomic mass is 10.1. The SMILES string of the molecule is COc1ccc(NC(=O)C(c2ccccc2)n2cnnn2)c(OC)c1. The van der Waals surface area contributed by atoms with Crippen LogP contribution in [0.4, 0.5) is 5.69 Å². The molecule has 0 spiro atoms. The molecule has 0 fully saturated rings. The number of carbonyl (C=O) groups is 1. The number of amides is 1. The van der Waals surface area contributed by atoms with Crippen LogP contribution in [0, 0.1) is 0 Å². The predicted octanol–water partition coefficient (Wildman–Crippen LogP) is 1.92. The van der Waals surface area contributed by atoms with E-state index in [0.29, 0.717) is 17.2 Å². The van der Waals surface area contributed by atoms with E-state index >= 15 is 0 Å². The molecule has 1 unspecified atom stereocenters. The first kappa shape index (κ1) is 16.4. The number of rotatable bonds is 6. The molecule has 3 rings (SSSR count). The van der Waals surface area contributed by atoms with Crippen LogP contribution >= 0.6 is 0 Å². The lowest BCUT2D eigenvalue weighted by Gasteiger charge is -2.18. The van der Waals surface area contributed by atoms with Crippen molar-refractivity contribution in [3.8, 4) is 11.5 Å². The second-order valence-corrected chi connectivity index (χ2v) is 5.16. The Morgan fingerprint density at radius 3 is 2.56 bits per heavy atom. The zero-order chi connectivity index (χ0) is 17.6. The van der Waals surface area contributed by atoms with Gasteiger partial charge >= 0.3 is 0 Å². The fourth-order valence-corrected chi connectivity index (χ4v) is 2.45. The van der Waals surface area contributed by atoms with E-state index in [1.165, 1.54) is 18.1 Å². The molecular formula is C17H17N5O3. The Morgan fingerprint density at radius 2 is 1.92 bits per heavy atom. The molecule has 25 heavy (non-hydrogen) atoms. The van der Waals surface area contributed by atoms with E-state index in [1.54, 1.807) is 25.3 Å². The van der Waals surface area contributed by atoms with Gasteiger partial charge in [0.25, 0.3) is 5.91 Å². The van der Waals surface area contributed by atoms with Gasteiger partial charge in [-0.25, -0.2) is 4.68 Å². The summed E-state index contributed by atoms with van der Waals surface area (Å²) < 4.78 is 11.9. The number of methoxy groups -OCH3 is 2. The quantitative estimate of drug-likeness (QED) is 0.738. The molecule has 1 atom stereocenters. The summed E-state index contributed by atoms with van der Waals surface area (Å²) >= 11 is 0. The largest absolute Gasteiger partial charge is 0.497 e. The average Bonchev–Trinajstić information content (AvgIpc) is 3.17. The van der Waals surface area contributed by atoms with E-state index in [0.717, 1.165) is 5.56 Å². The van der Waals surface area contributed by atoms with E-state index in [2.05, 4.69) is 20.8 Å². The van der Waals surface area contributed by atoms with Crippen LogP contribution in [-0.2, 0) is 4.79 Å². The highest BCUT2D eigenvalue weighted by Crippen LogP contribution is 2.30. The van der Waals surface area contributed by atoms with Crippen molar-refractivity contribution in [1.82, 2.24) is 20.2 Å². The zero-order valence-corrected chi connectivity index (χ0v) is 13.8. The Kier molecular flexibility index (Phi) is 4.89. The third-order valence-corrected chi connectivity index (χ3v) is 3.66. The van der Waals surface area contributed by atoms with Gasteiger partial charge in [-0.05, 0) is 28.1 Å². The Balaban J connectivity index is 1.92. The Hall–Kier alpha value is -3.42. The highest BCUT2D eigenvalue weighted by Gasteiger charge is 2.24. The highest BCUT2D eigenvalue weighted by molar-refractivity contribution is 5.97. The molecule has 0 aliphatic heterocycles. The topological polar surface area (TPSA) is 91.2 Å². The van der Waals surface area contributed by atoms with Crippen molar-refractivity contribution in [2.75, 3.05) is 19.5 Å². The number of nitrogens with one attached hydrogen (secondary N) is 1. The van der Waals surface area contributed by atoms with Crippen molar-refractivity contribution in [2.24, 2.45) is 0 Å². The molecule has 1 heterocycles. The van der Waals surface area contributed by atoms with Crippen molar-refractivity contribution >= 4 is 11.6 Å². The fourth-order valence-electron chi connectivity index (χ4n) is 2.45. The molecule has 8 nitrogen and oxygen atoms in total. The molecule has 0 aliphatic rings. The number of benzene rings is 2. The van der Waals surface area contributed by atoms with E-state index in [-0.39, 0.29) is 5.91 Å². The summed E-state index contributed by atoms with van der Waals surface area (Å²) in [5.74, 6) is 0.841. The van der Waals surface area contributed by atoms with Gasteiger partial charge in [0.05, 0.1) is 19.9 Å². The van der Waals surface area contributed by atoms with Gasteiger partial charge in [0, 0.05) is 6.07 Å². The number of carbonyl (C=O) groups excluding carboxylic acids is 1. The molecule has 1 N–H and O–H groups in total. The Bertz CT molecular complexity index is 837. The maximum atomic E-state index is 12.9. The minimum Gasteiger partial charge on any atom is -0.497 e. The smallest absolute Gasteiger partial charge is 0.254 e. The lowest BCUT2D eigenvalue weighted by Crippen LogP contribution is -2.27. The lowest BCUT2D eigenvalue weighted by molar-refractivity contribution is -0.118. The van der Waals surface area contributed by atoms with Crippen LogP contribution in [0.3, 0.4) is 0 Å². The number of aromatic nitrogens is 4. The molecule has 0 radical (unpaired) electrons. The van der Waals surface area contributed by atoms with Crippen LogP contribution in [0.1, 0.15) is 11.6 Å². The summed E-state index contributed by atoms with van der Waals surface area (Å²) in [5, 5.41) is 14.0. The van der Waals surface area contributed by atoms with E-state index < -0.39 is 6.04 Å². The highest BCUT2D eigenvalue weighted by atomic mass is 16.5. The first-order valence-electron chi connectivity index (χ1n) is 7.53. The number of hydrogen-bond acceptors (Lipinski definition) is 6. The number of ether oxygens (including phenoxy) is 2. The second kappa shape index (κ2) is 7.43. The molecule has 0 aliphatic carbocycles. The first-order valence-corrected chi connectivity index (χ1v) is 7.53. The molecular weight excluding hydrogens is 322 g/mol. The minimum atomic E-state index is -0.706. The summed E-state index contributed by atoms with van der Waals surface area (Å²) in [4.78, 5) is 12.9. The van der Waals surface area contributed by atoms with Gasteiger partial charge < -0.3 is 14.8 Å². The van der Waals surface area contributed by atoms with Gasteiger partial charge in [0.2, 0.25) is 0 Å². The zero-order valence-electron chi connectivity index (χ0n) is 13.8. The van der Waals surface area contributed by atoms with Gasteiger partial charge in [0.15, 0.2) is 6.04 Å². The summed E-state index contributed by atoms with van der Waals surface area (Å²) in [5.41, 5.74) is 1.29. The summed E-state index contributed by atoms with van der Waals surface area (Å²) in [6, 6.07) is 13.7. The van der Waals surface area contributed by atoms with Gasteiger partial charge in [-0.3, -0.25) is 4.79 Å². The predicted molar refractivity (Wildman–Crippen MR) is 90.6 cm³/mol. The normalized spacial score (nSPS) is 11.6. The minimum absolute atomic E-state index is 0.290. The van der Waals surface area contributed by atoms with Gasteiger partial charge in [-0.1, -0.05) is 30.3 Å². The molecule has 0 saturated carbocycles. The Labute approximate surface area is 144 Å². The third-order valence-electron chi connectivity index (χ3n) is 3.66. The van der Waals surface area contributed by atoms with Crippen LogP contribution in [0.25, 0.3) is 0 Å². The van der Waals surface area contributed by atoms with Gasteiger partial charge in [-0.2, -0.15) is 0 Å². The maximum Gasteiger partial charge on any atom is 0.254 e. The molecule has 2 aromatic carbocycles. The third kappa shape index (κ3) is 3.57. The van der Waals surface area contributed by atoms with Crippen LogP contribution in [-0.4, -0.2) is 40.3 Å². The summed E-state index contributed by atoms with van der Waals surface area (Å²) in [6.45, 7) is 0. The van der Waals surface area contributed by atoms with Crippen molar-refractivity contribution in [3.05, 3.63) is 60.4 Å². The average molecular weight is 339 g/mol. The van der Waals surface area contributed by atoms with Crippen molar-refractivity contribution < 1.29 is 14.3 Å². The monoisotopic (exact) mass is 339 g/mol. The van der Waals surface area contributed by atoms with E-state index in [4.69, 9.17) is 9.47 Å². The number of tetrazole rings is 1. The Morgan fingerprint density at radius 1 is 1.12 bits per heavy atom. The molecule has 128 valence electrons. The maximum absolute atomic E-state index is 12.9. The molecule has 1 aromatic heterocycles. The summed E-state index contributed by atoms with van der Waals surface area (Å²) in [6.07, 6.45) is 1.41. The molecule has 0 saturated heterocycles. The number of anilines is 1. The van der Waals surface area contributed by atoms with E-state index in [9.17, 15) is 4.79 Å². The van der Waals surface area contributed by atoms with Crippen LogP contribution < -0.4 is 14.8 Å². The van der Waals surface area contributed by atoms with Crippen molar-refractivity contribution in [1.29, 1.82) is 0 Å². The fraction of sp³-hybridized carbons (Fsp3) is 0.176. The first-order chi connectivity index (χ1) is 12.2. The molecule has 0 bridgehead atoms. The van der Waals surface area contributed by atoms with E-state index in [1.807, 2.05) is 30.3 Å². The van der Waals surface area contributed by atoms with Gasteiger partial charge in [0.1, 0.15) is 17.8 Å². The van der Waals surface area contributed by atoms with Crippen LogP contribution in [0.2, 0.25) is 0 Å². The summed E-state index contributed by atoms with van der Waals surface area (Å²) in [7, 11) is 3.09.